The Bertz CT molecular complexity index is 1460. The summed E-state index contributed by atoms with van der Waals surface area (Å²) in [6.45, 7) is 7.41. The molecule has 49 heavy (non-hydrogen) atoms. The van der Waals surface area contributed by atoms with Gasteiger partial charge in [-0.1, -0.05) is 35.8 Å². The van der Waals surface area contributed by atoms with E-state index >= 15 is 0 Å². The van der Waals surface area contributed by atoms with Crippen LogP contribution >= 0.6 is 0 Å². The highest BCUT2D eigenvalue weighted by Crippen LogP contribution is 2.33. The Kier molecular flexibility index (Phi) is 11.3. The van der Waals surface area contributed by atoms with Gasteiger partial charge in [-0.2, -0.15) is 0 Å². The number of phenols is 1. The van der Waals surface area contributed by atoms with Crippen molar-refractivity contribution >= 4 is 37.0 Å². The SMILES string of the molecule is [B]c1cc(C[C@@H](OC(=O)N2CCC(N3CCc4ccccc4NC3=O)CC2)C(=O)N2CCC(C3CCN(CCO)CC3)CC2)cc(C)c1O. The van der Waals surface area contributed by atoms with E-state index in [1.54, 1.807) is 24.0 Å². The van der Waals surface area contributed by atoms with Crippen LogP contribution in [-0.2, 0) is 22.4 Å². The number of anilines is 1. The van der Waals surface area contributed by atoms with Gasteiger partial charge in [0.1, 0.15) is 13.6 Å². The van der Waals surface area contributed by atoms with Crippen molar-refractivity contribution in [2.24, 2.45) is 11.8 Å². The molecule has 4 amide bonds. The van der Waals surface area contributed by atoms with Crippen molar-refractivity contribution in [2.45, 2.75) is 70.4 Å². The highest BCUT2D eigenvalue weighted by molar-refractivity contribution is 6.34. The smallest absolute Gasteiger partial charge is 0.410 e. The Morgan fingerprint density at radius 1 is 0.939 bits per heavy atom. The number of hydrogen-bond acceptors (Lipinski definition) is 7. The number of nitrogens with one attached hydrogen (secondary N) is 1. The Morgan fingerprint density at radius 3 is 2.27 bits per heavy atom. The number of ether oxygens (including phenoxy) is 1. The average molecular weight is 672 g/mol. The summed E-state index contributed by atoms with van der Waals surface area (Å²) in [5.41, 5.74) is 3.50. The first-order valence-corrected chi connectivity index (χ1v) is 18.0. The van der Waals surface area contributed by atoms with Crippen molar-refractivity contribution in [3.63, 3.8) is 0 Å². The molecular weight excluding hydrogens is 621 g/mol. The molecule has 2 radical (unpaired) electrons. The first-order valence-electron chi connectivity index (χ1n) is 18.0. The Balaban J connectivity index is 1.07. The number of carbonyl (C=O) groups is 3. The normalized spacial score (nSPS) is 20.8. The summed E-state index contributed by atoms with van der Waals surface area (Å²) in [6, 6.07) is 11.2. The summed E-state index contributed by atoms with van der Waals surface area (Å²) >= 11 is 0. The highest BCUT2D eigenvalue weighted by atomic mass is 16.6. The maximum atomic E-state index is 14.0. The molecule has 0 spiro atoms. The second-order valence-electron chi connectivity index (χ2n) is 14.2. The van der Waals surface area contributed by atoms with E-state index in [0.29, 0.717) is 63.0 Å². The van der Waals surface area contributed by atoms with E-state index in [9.17, 15) is 24.6 Å². The van der Waals surface area contributed by atoms with E-state index < -0.39 is 12.2 Å². The maximum Gasteiger partial charge on any atom is 0.410 e. The van der Waals surface area contributed by atoms with Crippen LogP contribution in [0.1, 0.15) is 55.2 Å². The zero-order chi connectivity index (χ0) is 34.5. The number of hydrogen-bond donors (Lipinski definition) is 3. The van der Waals surface area contributed by atoms with Gasteiger partial charge < -0.3 is 39.9 Å². The third-order valence-corrected chi connectivity index (χ3v) is 11.2. The minimum Gasteiger partial charge on any atom is -0.508 e. The lowest BCUT2D eigenvalue weighted by Crippen LogP contribution is -2.52. The predicted molar refractivity (Wildman–Crippen MR) is 188 cm³/mol. The van der Waals surface area contributed by atoms with Gasteiger partial charge in [-0.3, -0.25) is 4.79 Å². The number of phenolic OH excluding ortho intramolecular Hbond substituents is 1. The number of benzene rings is 2. The lowest BCUT2D eigenvalue weighted by molar-refractivity contribution is -0.142. The van der Waals surface area contributed by atoms with E-state index in [-0.39, 0.29) is 42.2 Å². The fraction of sp³-hybridized carbons (Fsp3) is 0.595. The van der Waals surface area contributed by atoms with E-state index in [1.165, 1.54) is 0 Å². The number of amides is 4. The lowest BCUT2D eigenvalue weighted by Gasteiger charge is -2.41. The monoisotopic (exact) mass is 671 g/mol. The van der Waals surface area contributed by atoms with Gasteiger partial charge >= 0.3 is 12.1 Å². The number of fused-ring (bicyclic) bond motifs is 1. The molecule has 4 heterocycles. The van der Waals surface area contributed by atoms with Gasteiger partial charge in [0.25, 0.3) is 5.91 Å². The van der Waals surface area contributed by atoms with Crippen molar-refractivity contribution in [1.29, 1.82) is 0 Å². The van der Waals surface area contributed by atoms with Gasteiger partial charge in [-0.25, -0.2) is 9.59 Å². The van der Waals surface area contributed by atoms with Crippen LogP contribution in [0.4, 0.5) is 15.3 Å². The summed E-state index contributed by atoms with van der Waals surface area (Å²) in [7, 11) is 6.06. The summed E-state index contributed by atoms with van der Waals surface area (Å²) in [6.07, 6.45) is 4.69. The van der Waals surface area contributed by atoms with Crippen LogP contribution in [0.2, 0.25) is 0 Å². The molecule has 4 aliphatic heterocycles. The average Bonchev–Trinajstić information content (AvgIpc) is 3.28. The third-order valence-electron chi connectivity index (χ3n) is 11.2. The number of urea groups is 1. The fourth-order valence-corrected chi connectivity index (χ4v) is 8.27. The van der Waals surface area contributed by atoms with Crippen molar-refractivity contribution in [3.8, 4) is 5.75 Å². The van der Waals surface area contributed by atoms with Crippen molar-refractivity contribution in [3.05, 3.63) is 53.1 Å². The molecule has 3 saturated heterocycles. The number of aryl methyl sites for hydroxylation is 1. The maximum absolute atomic E-state index is 14.0. The molecule has 12 heteroatoms. The van der Waals surface area contributed by atoms with Crippen LogP contribution in [0.3, 0.4) is 0 Å². The van der Waals surface area contributed by atoms with Gasteiger partial charge in [0.2, 0.25) is 0 Å². The van der Waals surface area contributed by atoms with Crippen molar-refractivity contribution in [2.75, 3.05) is 64.3 Å². The highest BCUT2D eigenvalue weighted by Gasteiger charge is 2.37. The number of piperidine rings is 3. The molecule has 262 valence electrons. The van der Waals surface area contributed by atoms with Crippen molar-refractivity contribution in [1.82, 2.24) is 19.6 Å². The van der Waals surface area contributed by atoms with Crippen LogP contribution in [0, 0.1) is 18.8 Å². The number of β-amino-alcohol motifs (C(OH)–C–C–N with tert-alkyl or cyclic N) is 1. The van der Waals surface area contributed by atoms with Crippen molar-refractivity contribution < 1.29 is 29.3 Å². The molecule has 0 bridgehead atoms. The minimum atomic E-state index is -1.03. The second-order valence-corrected chi connectivity index (χ2v) is 14.2. The Labute approximate surface area is 291 Å². The molecule has 3 N–H and O–H groups in total. The van der Waals surface area contributed by atoms with E-state index in [1.807, 2.05) is 34.1 Å². The largest absolute Gasteiger partial charge is 0.508 e. The molecule has 0 unspecified atom stereocenters. The van der Waals surface area contributed by atoms with Crippen LogP contribution in [0.5, 0.6) is 5.75 Å². The number of likely N-dealkylation sites (tertiary alicyclic amines) is 3. The molecule has 11 nitrogen and oxygen atoms in total. The van der Waals surface area contributed by atoms with E-state index in [4.69, 9.17) is 12.6 Å². The van der Waals surface area contributed by atoms with Crippen LogP contribution < -0.4 is 10.8 Å². The van der Waals surface area contributed by atoms with E-state index in [0.717, 1.165) is 68.6 Å². The molecule has 0 aliphatic carbocycles. The molecule has 3 fully saturated rings. The number of aromatic hydroxyl groups is 1. The van der Waals surface area contributed by atoms with Gasteiger partial charge in [-0.15, -0.1) is 0 Å². The molecule has 0 saturated carbocycles. The molecule has 6 rings (SSSR count). The Morgan fingerprint density at radius 2 is 1.59 bits per heavy atom. The molecular formula is C37H50BN5O6. The Hall–Kier alpha value is -3.77. The van der Waals surface area contributed by atoms with Gasteiger partial charge in [0.15, 0.2) is 6.10 Å². The van der Waals surface area contributed by atoms with Gasteiger partial charge in [0, 0.05) is 57.4 Å². The fourth-order valence-electron chi connectivity index (χ4n) is 8.27. The van der Waals surface area contributed by atoms with Crippen LogP contribution in [0.25, 0.3) is 0 Å². The molecule has 2 aromatic rings. The third kappa shape index (κ3) is 8.35. The summed E-state index contributed by atoms with van der Waals surface area (Å²) < 4.78 is 6.03. The zero-order valence-corrected chi connectivity index (χ0v) is 28.7. The molecule has 1 atom stereocenters. The number of aliphatic hydroxyl groups excluding tert-OH is 1. The summed E-state index contributed by atoms with van der Waals surface area (Å²) in [5.74, 6) is 0.993. The standard InChI is InChI=1S/C37H50BN5O6/c1-25-22-26(23-31(38)34(25)45)24-33(35(46)41-15-8-28(9-16-41)27-6-13-40(14-7-27)20-21-44)49-37(48)42-17-11-30(12-18-42)43-19-10-29-4-2-3-5-32(29)39-36(43)47/h2-5,22-23,27-28,30,33,44-45H,6-21,24H2,1H3,(H,39,47)/t33-/m1/s1. The van der Waals surface area contributed by atoms with E-state index in [2.05, 4.69) is 10.2 Å². The summed E-state index contributed by atoms with van der Waals surface area (Å²) in [4.78, 5) is 48.4. The quantitative estimate of drug-likeness (QED) is 0.369. The lowest BCUT2D eigenvalue weighted by atomic mass is 9.78. The molecule has 0 aromatic heterocycles. The minimum absolute atomic E-state index is 0.00180. The number of rotatable bonds is 8. The van der Waals surface area contributed by atoms with Crippen LogP contribution in [-0.4, -0.2) is 127 Å². The second kappa shape index (κ2) is 15.8. The number of carbonyl (C=O) groups excluding carboxylic acids is 3. The zero-order valence-electron chi connectivity index (χ0n) is 28.7. The predicted octanol–water partition coefficient (Wildman–Crippen LogP) is 3.04. The first kappa shape index (κ1) is 35.1. The molecule has 2 aromatic carbocycles. The van der Waals surface area contributed by atoms with Gasteiger partial charge in [0.05, 0.1) is 6.61 Å². The summed E-state index contributed by atoms with van der Waals surface area (Å²) in [5, 5.41) is 22.5. The number of para-hydroxylation sites is 1. The van der Waals surface area contributed by atoms with Crippen LogP contribution in [0.15, 0.2) is 36.4 Å². The molecule has 4 aliphatic rings. The van der Waals surface area contributed by atoms with Gasteiger partial charge in [-0.05, 0) is 99.6 Å². The number of aliphatic hydroxyl groups is 1. The first-order chi connectivity index (χ1) is 23.7. The number of nitrogens with zero attached hydrogens (tertiary/aromatic N) is 4. The topological polar surface area (TPSA) is 126 Å².